The molecule has 1 atom stereocenters. The molecule has 0 aromatic carbocycles. The summed E-state index contributed by atoms with van der Waals surface area (Å²) in [4.78, 5) is 26.4. The number of nitrogens with zero attached hydrogens (tertiary/aromatic N) is 1. The number of nitrogens with one attached hydrogen (secondary N) is 1. The second-order valence-corrected chi connectivity index (χ2v) is 6.07. The average Bonchev–Trinajstić information content (AvgIpc) is 2.27. The minimum Gasteiger partial charge on any atom is -0.381 e. The first-order valence-electron chi connectivity index (χ1n) is 6.51. The van der Waals surface area contributed by atoms with E-state index in [4.69, 9.17) is 4.74 Å². The third kappa shape index (κ3) is 2.00. The Hall–Kier alpha value is -1.10. The van der Waals surface area contributed by atoms with Crippen LogP contribution in [0.15, 0.2) is 0 Å². The summed E-state index contributed by atoms with van der Waals surface area (Å²) in [6.07, 6.45) is 1.57. The van der Waals surface area contributed by atoms with Crippen LogP contribution in [0.25, 0.3) is 0 Å². The Morgan fingerprint density at radius 3 is 2.33 bits per heavy atom. The van der Waals surface area contributed by atoms with Crippen molar-refractivity contribution in [1.29, 1.82) is 0 Å². The smallest absolute Gasteiger partial charge is 0.248 e. The fraction of sp³-hybridized carbons (Fsp3) is 0.846. The van der Waals surface area contributed by atoms with E-state index in [0.717, 1.165) is 12.8 Å². The Morgan fingerprint density at radius 2 is 1.78 bits per heavy atom. The van der Waals surface area contributed by atoms with E-state index in [2.05, 4.69) is 12.2 Å². The van der Waals surface area contributed by atoms with E-state index in [-0.39, 0.29) is 17.4 Å². The van der Waals surface area contributed by atoms with E-state index in [1.807, 2.05) is 0 Å². The van der Waals surface area contributed by atoms with E-state index in [0.29, 0.717) is 13.2 Å². The Balaban J connectivity index is 2.33. The molecule has 0 aliphatic carbocycles. The van der Waals surface area contributed by atoms with Crippen molar-refractivity contribution in [3.05, 3.63) is 0 Å². The molecule has 18 heavy (non-hydrogen) atoms. The van der Waals surface area contributed by atoms with Crippen molar-refractivity contribution in [3.63, 3.8) is 0 Å². The molecule has 0 aromatic rings. The van der Waals surface area contributed by atoms with Crippen LogP contribution >= 0.6 is 0 Å². The summed E-state index contributed by atoms with van der Waals surface area (Å²) in [5.74, 6) is -0.0775. The van der Waals surface area contributed by atoms with Gasteiger partial charge >= 0.3 is 0 Å². The molecule has 0 spiro atoms. The summed E-state index contributed by atoms with van der Waals surface area (Å²) in [6.45, 7) is 8.66. The van der Waals surface area contributed by atoms with Crippen LogP contribution in [0.2, 0.25) is 0 Å². The second-order valence-electron chi connectivity index (χ2n) is 6.07. The van der Waals surface area contributed by atoms with Gasteiger partial charge in [-0.05, 0) is 40.5 Å². The number of hydrogen-bond acceptors (Lipinski definition) is 3. The number of amides is 2. The highest BCUT2D eigenvalue weighted by Crippen LogP contribution is 2.33. The van der Waals surface area contributed by atoms with Gasteiger partial charge in [0.2, 0.25) is 11.8 Å². The molecule has 0 bridgehead atoms. The van der Waals surface area contributed by atoms with Crippen molar-refractivity contribution in [3.8, 4) is 0 Å². The zero-order chi connectivity index (χ0) is 13.6. The lowest BCUT2D eigenvalue weighted by Gasteiger charge is -2.52. The molecule has 1 N–H and O–H groups in total. The van der Waals surface area contributed by atoms with Gasteiger partial charge in [-0.2, -0.15) is 0 Å². The fourth-order valence-corrected chi connectivity index (χ4v) is 2.82. The zero-order valence-electron chi connectivity index (χ0n) is 11.6. The van der Waals surface area contributed by atoms with E-state index in [1.165, 1.54) is 0 Å². The summed E-state index contributed by atoms with van der Waals surface area (Å²) in [5.41, 5.74) is -1.09. The van der Waals surface area contributed by atoms with Crippen molar-refractivity contribution < 1.29 is 14.3 Å². The minimum absolute atomic E-state index is 0.000926. The lowest BCUT2D eigenvalue weighted by atomic mass is 9.84. The summed E-state index contributed by atoms with van der Waals surface area (Å²) in [7, 11) is 0. The Bertz CT molecular complexity index is 372. The maximum atomic E-state index is 12.6. The molecule has 102 valence electrons. The van der Waals surface area contributed by atoms with Crippen molar-refractivity contribution in [2.45, 2.75) is 57.7 Å². The van der Waals surface area contributed by atoms with Crippen LogP contribution in [0, 0.1) is 0 Å². The van der Waals surface area contributed by atoms with Gasteiger partial charge in [-0.25, -0.2) is 0 Å². The average molecular weight is 254 g/mol. The molecule has 2 aliphatic heterocycles. The summed E-state index contributed by atoms with van der Waals surface area (Å²) >= 11 is 0. The molecule has 5 nitrogen and oxygen atoms in total. The van der Waals surface area contributed by atoms with E-state index >= 15 is 0 Å². The van der Waals surface area contributed by atoms with Gasteiger partial charge in [-0.15, -0.1) is 0 Å². The Kier molecular flexibility index (Phi) is 3.13. The van der Waals surface area contributed by atoms with Crippen LogP contribution in [0.1, 0.15) is 40.5 Å². The van der Waals surface area contributed by atoms with Crippen LogP contribution in [0.3, 0.4) is 0 Å². The first kappa shape index (κ1) is 13.3. The molecule has 2 amide bonds. The fourth-order valence-electron chi connectivity index (χ4n) is 2.82. The molecule has 2 saturated heterocycles. The van der Waals surface area contributed by atoms with Gasteiger partial charge < -0.3 is 15.0 Å². The molecule has 2 aliphatic rings. The summed E-state index contributed by atoms with van der Waals surface area (Å²) < 4.78 is 5.37. The van der Waals surface area contributed by atoms with Crippen molar-refractivity contribution >= 4 is 11.8 Å². The standard InChI is InChI=1S/C13H22N2O3/c1-9-10(16)14-12(2,3)11(17)15(9)13(4)5-7-18-8-6-13/h9H,5-8H2,1-4H3,(H,14,16). The normalized spacial score (nSPS) is 31.1. The van der Waals surface area contributed by atoms with E-state index < -0.39 is 11.6 Å². The topological polar surface area (TPSA) is 58.6 Å². The van der Waals surface area contributed by atoms with Crippen LogP contribution < -0.4 is 5.32 Å². The molecular weight excluding hydrogens is 232 g/mol. The van der Waals surface area contributed by atoms with Gasteiger partial charge in [0.15, 0.2) is 0 Å². The van der Waals surface area contributed by atoms with Gasteiger partial charge in [0, 0.05) is 18.8 Å². The highest BCUT2D eigenvalue weighted by molar-refractivity contribution is 5.99. The maximum absolute atomic E-state index is 12.6. The summed E-state index contributed by atoms with van der Waals surface area (Å²) in [6, 6.07) is -0.409. The molecule has 2 rings (SSSR count). The number of hydrogen-bond donors (Lipinski definition) is 1. The SMILES string of the molecule is CC1C(=O)NC(C)(C)C(=O)N1C1(C)CCOCC1. The van der Waals surface area contributed by atoms with Gasteiger partial charge in [0.25, 0.3) is 0 Å². The predicted molar refractivity (Wildman–Crippen MR) is 67.0 cm³/mol. The second kappa shape index (κ2) is 4.23. The van der Waals surface area contributed by atoms with Crippen LogP contribution in [-0.4, -0.2) is 47.0 Å². The first-order chi connectivity index (χ1) is 8.28. The molecule has 2 heterocycles. The van der Waals surface area contributed by atoms with Crippen molar-refractivity contribution in [1.82, 2.24) is 10.2 Å². The maximum Gasteiger partial charge on any atom is 0.248 e. The third-order valence-electron chi connectivity index (χ3n) is 4.11. The minimum atomic E-state index is -0.815. The first-order valence-corrected chi connectivity index (χ1v) is 6.51. The molecule has 5 heteroatoms. The van der Waals surface area contributed by atoms with E-state index in [1.54, 1.807) is 25.7 Å². The molecule has 2 fully saturated rings. The van der Waals surface area contributed by atoms with Gasteiger partial charge in [-0.1, -0.05) is 0 Å². The number of piperazine rings is 1. The lowest BCUT2D eigenvalue weighted by molar-refractivity contribution is -0.164. The molecule has 0 radical (unpaired) electrons. The highest BCUT2D eigenvalue weighted by Gasteiger charge is 2.50. The zero-order valence-corrected chi connectivity index (χ0v) is 11.6. The van der Waals surface area contributed by atoms with Gasteiger partial charge in [-0.3, -0.25) is 9.59 Å². The van der Waals surface area contributed by atoms with Crippen molar-refractivity contribution in [2.75, 3.05) is 13.2 Å². The number of carbonyl (C=O) groups excluding carboxylic acids is 2. The Labute approximate surface area is 108 Å². The number of carbonyl (C=O) groups is 2. The van der Waals surface area contributed by atoms with Crippen molar-refractivity contribution in [2.24, 2.45) is 0 Å². The molecule has 1 unspecified atom stereocenters. The largest absolute Gasteiger partial charge is 0.381 e. The number of rotatable bonds is 1. The predicted octanol–water partition coefficient (Wildman–Crippen LogP) is 0.681. The Morgan fingerprint density at radius 1 is 1.22 bits per heavy atom. The van der Waals surface area contributed by atoms with Crippen LogP contribution in [0.5, 0.6) is 0 Å². The molecular formula is C13H22N2O3. The van der Waals surface area contributed by atoms with Crippen LogP contribution in [0.4, 0.5) is 0 Å². The third-order valence-corrected chi connectivity index (χ3v) is 4.11. The van der Waals surface area contributed by atoms with Gasteiger partial charge in [0.1, 0.15) is 11.6 Å². The quantitative estimate of drug-likeness (QED) is 0.748. The van der Waals surface area contributed by atoms with Gasteiger partial charge in [0.05, 0.1) is 0 Å². The number of ether oxygens (including phenoxy) is 1. The van der Waals surface area contributed by atoms with E-state index in [9.17, 15) is 9.59 Å². The lowest BCUT2D eigenvalue weighted by Crippen LogP contribution is -2.72. The monoisotopic (exact) mass is 254 g/mol. The van der Waals surface area contributed by atoms with Crippen LogP contribution in [-0.2, 0) is 14.3 Å². The molecule has 0 saturated carbocycles. The summed E-state index contributed by atoms with van der Waals surface area (Å²) in [5, 5.41) is 2.78. The highest BCUT2D eigenvalue weighted by atomic mass is 16.5. The molecule has 0 aromatic heterocycles.